The van der Waals surface area contributed by atoms with Crippen LogP contribution in [0.5, 0.6) is 5.75 Å². The Morgan fingerprint density at radius 1 is 0.943 bits per heavy atom. The van der Waals surface area contributed by atoms with Crippen LogP contribution in [0.2, 0.25) is 0 Å². The molecule has 1 aliphatic rings. The molecule has 1 saturated heterocycles. The van der Waals surface area contributed by atoms with E-state index >= 15 is 0 Å². The molecule has 0 saturated carbocycles. The van der Waals surface area contributed by atoms with Crippen molar-refractivity contribution >= 4 is 5.69 Å². The molecular weight excluding hydrogens is 440 g/mol. The first-order valence-corrected chi connectivity index (χ1v) is 11.9. The monoisotopic (exact) mass is 470 g/mol. The maximum Gasteiger partial charge on any atom is 0.316 e. The van der Waals surface area contributed by atoms with E-state index in [-0.39, 0.29) is 5.56 Å². The molecule has 8 nitrogen and oxygen atoms in total. The second-order valence-electron chi connectivity index (χ2n) is 8.85. The van der Waals surface area contributed by atoms with E-state index in [4.69, 9.17) is 4.74 Å². The molecule has 8 heteroatoms. The Labute approximate surface area is 205 Å². The van der Waals surface area contributed by atoms with Crippen LogP contribution in [0.25, 0.3) is 5.69 Å². The Balaban J connectivity index is 1.38. The second kappa shape index (κ2) is 10.1. The largest absolute Gasteiger partial charge is 0.481 e. The van der Waals surface area contributed by atoms with E-state index < -0.39 is 0 Å². The average molecular weight is 471 g/mol. The number of anilines is 1. The molecule has 0 radical (unpaired) electrons. The number of benzene rings is 2. The van der Waals surface area contributed by atoms with Crippen LogP contribution in [0, 0.1) is 6.92 Å². The Bertz CT molecular complexity index is 1330. The molecule has 0 aliphatic carbocycles. The summed E-state index contributed by atoms with van der Waals surface area (Å²) in [6, 6.07) is 21.5. The molecule has 0 bridgehead atoms. The van der Waals surface area contributed by atoms with Crippen molar-refractivity contribution in [3.8, 4) is 11.4 Å². The van der Waals surface area contributed by atoms with Gasteiger partial charge in [-0.05, 0) is 30.7 Å². The highest BCUT2D eigenvalue weighted by Gasteiger charge is 2.24. The zero-order valence-electron chi connectivity index (χ0n) is 20.2. The predicted octanol–water partition coefficient (Wildman–Crippen LogP) is 3.18. The minimum atomic E-state index is -0.252. The molecule has 1 fully saturated rings. The first-order valence-electron chi connectivity index (χ1n) is 11.9. The second-order valence-corrected chi connectivity index (χ2v) is 8.85. The number of aryl methyl sites for hydroxylation is 2. The maximum atomic E-state index is 13.5. The molecule has 0 unspecified atom stereocenters. The summed E-state index contributed by atoms with van der Waals surface area (Å²) in [6.07, 6.45) is 1.76. The molecule has 0 spiro atoms. The summed E-state index contributed by atoms with van der Waals surface area (Å²) in [7, 11) is 1.99. The van der Waals surface area contributed by atoms with Crippen LogP contribution in [0.1, 0.15) is 17.0 Å². The zero-order chi connectivity index (χ0) is 24.2. The fourth-order valence-electron chi connectivity index (χ4n) is 4.46. The number of rotatable bonds is 7. The molecule has 35 heavy (non-hydrogen) atoms. The van der Waals surface area contributed by atoms with Crippen LogP contribution in [-0.2, 0) is 20.2 Å². The van der Waals surface area contributed by atoms with E-state index in [1.165, 1.54) is 10.4 Å². The summed E-state index contributed by atoms with van der Waals surface area (Å²) in [5, 5.41) is 8.95. The first kappa shape index (κ1) is 22.9. The lowest BCUT2D eigenvalue weighted by molar-refractivity contribution is 0.241. The zero-order valence-corrected chi connectivity index (χ0v) is 20.2. The summed E-state index contributed by atoms with van der Waals surface area (Å²) in [6.45, 7) is 6.53. The van der Waals surface area contributed by atoms with Crippen molar-refractivity contribution in [3.63, 3.8) is 0 Å². The number of aromatic nitrogens is 4. The fourth-order valence-corrected chi connectivity index (χ4v) is 4.46. The molecule has 3 heterocycles. The number of hydrogen-bond acceptors (Lipinski definition) is 6. The van der Waals surface area contributed by atoms with Gasteiger partial charge in [-0.15, -0.1) is 0 Å². The molecule has 0 amide bonds. The smallest absolute Gasteiger partial charge is 0.316 e. The Morgan fingerprint density at radius 2 is 1.63 bits per heavy atom. The van der Waals surface area contributed by atoms with Crippen LogP contribution in [0.4, 0.5) is 5.69 Å². The molecule has 2 aromatic carbocycles. The van der Waals surface area contributed by atoms with Gasteiger partial charge in [0.2, 0.25) is 5.75 Å². The van der Waals surface area contributed by atoms with Crippen LogP contribution in [0.3, 0.4) is 0 Å². The number of ether oxygens (including phenoxy) is 1. The third-order valence-electron chi connectivity index (χ3n) is 6.34. The Hall–Kier alpha value is -3.91. The van der Waals surface area contributed by atoms with Gasteiger partial charge in [0, 0.05) is 39.8 Å². The van der Waals surface area contributed by atoms with Crippen LogP contribution < -0.4 is 15.2 Å². The van der Waals surface area contributed by atoms with Gasteiger partial charge in [0.1, 0.15) is 12.3 Å². The lowest BCUT2D eigenvalue weighted by atomic mass is 10.2. The van der Waals surface area contributed by atoms with Crippen LogP contribution in [0.15, 0.2) is 77.7 Å². The number of hydrogen-bond donors (Lipinski definition) is 0. The normalized spacial score (nSPS) is 14.3. The lowest BCUT2D eigenvalue weighted by Gasteiger charge is -2.36. The standard InChI is InChI=1S/C27H30N6O2/c1-21-17-24(30(2)29-21)19-31-13-15-32(16-14-31)25-18-28-33(23-11-7-4-8-12-23)27(34)26(25)35-20-22-9-5-3-6-10-22/h3-12,17-18H,13-16,19-20H2,1-2H3. The number of piperazine rings is 1. The molecule has 5 rings (SSSR count). The first-order chi connectivity index (χ1) is 17.1. The van der Waals surface area contributed by atoms with E-state index in [9.17, 15) is 4.79 Å². The average Bonchev–Trinajstić information content (AvgIpc) is 3.21. The lowest BCUT2D eigenvalue weighted by Crippen LogP contribution is -2.46. The van der Waals surface area contributed by atoms with E-state index in [2.05, 4.69) is 26.1 Å². The summed E-state index contributed by atoms with van der Waals surface area (Å²) >= 11 is 0. The van der Waals surface area contributed by atoms with Crippen molar-refractivity contribution in [1.29, 1.82) is 0 Å². The summed E-state index contributed by atoms with van der Waals surface area (Å²) in [4.78, 5) is 18.1. The molecule has 0 atom stereocenters. The van der Waals surface area contributed by atoms with Gasteiger partial charge in [0.25, 0.3) is 0 Å². The number of nitrogens with zero attached hydrogens (tertiary/aromatic N) is 6. The molecule has 180 valence electrons. The van der Waals surface area contributed by atoms with E-state index in [0.29, 0.717) is 18.0 Å². The van der Waals surface area contributed by atoms with Gasteiger partial charge in [-0.25, -0.2) is 0 Å². The van der Waals surface area contributed by atoms with E-state index in [1.807, 2.05) is 79.3 Å². The van der Waals surface area contributed by atoms with Crippen molar-refractivity contribution in [2.45, 2.75) is 20.1 Å². The minimum Gasteiger partial charge on any atom is -0.481 e. The van der Waals surface area contributed by atoms with Gasteiger partial charge in [0.15, 0.2) is 0 Å². The summed E-state index contributed by atoms with van der Waals surface area (Å²) in [5.41, 5.74) is 4.45. The van der Waals surface area contributed by atoms with Crippen LogP contribution >= 0.6 is 0 Å². The van der Waals surface area contributed by atoms with Gasteiger partial charge in [-0.3, -0.25) is 14.4 Å². The van der Waals surface area contributed by atoms with Gasteiger partial charge >= 0.3 is 5.56 Å². The van der Waals surface area contributed by atoms with Gasteiger partial charge < -0.3 is 9.64 Å². The van der Waals surface area contributed by atoms with Crippen molar-refractivity contribution in [2.75, 3.05) is 31.1 Å². The topological polar surface area (TPSA) is 68.4 Å². The third-order valence-corrected chi connectivity index (χ3v) is 6.34. The number of para-hydroxylation sites is 1. The highest BCUT2D eigenvalue weighted by Crippen LogP contribution is 2.26. The van der Waals surface area contributed by atoms with E-state index in [1.54, 1.807) is 6.20 Å². The van der Waals surface area contributed by atoms with Crippen molar-refractivity contribution in [2.24, 2.45) is 7.05 Å². The highest BCUT2D eigenvalue weighted by molar-refractivity contribution is 5.57. The van der Waals surface area contributed by atoms with Crippen molar-refractivity contribution in [3.05, 3.63) is 100 Å². The molecular formula is C27H30N6O2. The fraction of sp³-hybridized carbons (Fsp3) is 0.296. The Morgan fingerprint density at radius 3 is 2.29 bits per heavy atom. The predicted molar refractivity (Wildman–Crippen MR) is 136 cm³/mol. The Kier molecular flexibility index (Phi) is 6.63. The molecule has 0 N–H and O–H groups in total. The minimum absolute atomic E-state index is 0.252. The highest BCUT2D eigenvalue weighted by atomic mass is 16.5. The molecule has 2 aromatic heterocycles. The van der Waals surface area contributed by atoms with Gasteiger partial charge in [-0.2, -0.15) is 14.9 Å². The van der Waals surface area contributed by atoms with Crippen molar-refractivity contribution < 1.29 is 4.74 Å². The van der Waals surface area contributed by atoms with Crippen LogP contribution in [-0.4, -0.2) is 50.6 Å². The van der Waals surface area contributed by atoms with Gasteiger partial charge in [0.05, 0.1) is 23.3 Å². The van der Waals surface area contributed by atoms with Crippen molar-refractivity contribution in [1.82, 2.24) is 24.5 Å². The van der Waals surface area contributed by atoms with Gasteiger partial charge in [-0.1, -0.05) is 48.5 Å². The SMILES string of the molecule is Cc1cc(CN2CCN(c3cnn(-c4ccccc4)c(=O)c3OCc3ccccc3)CC2)n(C)n1. The molecule has 4 aromatic rings. The summed E-state index contributed by atoms with van der Waals surface area (Å²) in [5.74, 6) is 0.336. The summed E-state index contributed by atoms with van der Waals surface area (Å²) < 4.78 is 9.53. The molecule has 1 aliphatic heterocycles. The third kappa shape index (κ3) is 5.12. The maximum absolute atomic E-state index is 13.5. The van der Waals surface area contributed by atoms with E-state index in [0.717, 1.165) is 49.7 Å². The quantitative estimate of drug-likeness (QED) is 0.413.